The minimum absolute atomic E-state index is 0.0132. The summed E-state index contributed by atoms with van der Waals surface area (Å²) >= 11 is 0. The zero-order valence-electron chi connectivity index (χ0n) is 28.1. The van der Waals surface area contributed by atoms with Crippen LogP contribution in [0.25, 0.3) is 11.3 Å². The fourth-order valence-corrected chi connectivity index (χ4v) is 8.92. The number of benzene rings is 2. The lowest BCUT2D eigenvalue weighted by Gasteiger charge is -2.52. The predicted molar refractivity (Wildman–Crippen MR) is 180 cm³/mol. The van der Waals surface area contributed by atoms with Crippen molar-refractivity contribution in [3.05, 3.63) is 65.2 Å². The number of amides is 1. The Balaban J connectivity index is 1.42. The van der Waals surface area contributed by atoms with Crippen LogP contribution in [0.3, 0.4) is 0 Å². The number of likely N-dealkylation sites (tertiary alicyclic amines) is 1. The molecule has 3 aromatic rings. The molecule has 2 atom stereocenters. The lowest BCUT2D eigenvalue weighted by Crippen LogP contribution is -2.61. The molecule has 2 aromatic carbocycles. The van der Waals surface area contributed by atoms with E-state index in [4.69, 9.17) is 4.74 Å². The molecule has 3 aliphatic rings. The van der Waals surface area contributed by atoms with Crippen LogP contribution in [0.1, 0.15) is 81.8 Å². The van der Waals surface area contributed by atoms with Crippen molar-refractivity contribution < 1.29 is 17.9 Å². The quantitative estimate of drug-likeness (QED) is 0.340. The topological polar surface area (TPSA) is 105 Å². The first-order chi connectivity index (χ1) is 21.7. The van der Waals surface area contributed by atoms with Crippen LogP contribution in [0.15, 0.2) is 53.4 Å². The van der Waals surface area contributed by atoms with E-state index in [-0.39, 0.29) is 46.9 Å². The Morgan fingerprint density at radius 3 is 2.37 bits per heavy atom. The summed E-state index contributed by atoms with van der Waals surface area (Å²) < 4.78 is 36.3. The van der Waals surface area contributed by atoms with Crippen molar-refractivity contribution in [1.82, 2.24) is 19.8 Å². The second kappa shape index (κ2) is 12.3. The Bertz CT molecular complexity index is 1710. The van der Waals surface area contributed by atoms with E-state index >= 15 is 0 Å². The number of nitrogens with one attached hydrogen (secondary N) is 1. The smallest absolute Gasteiger partial charge is 0.264 e. The molecule has 0 unspecified atom stereocenters. The van der Waals surface area contributed by atoms with Crippen LogP contribution in [-0.4, -0.2) is 70.9 Å². The van der Waals surface area contributed by atoms with Crippen LogP contribution in [0.5, 0.6) is 5.88 Å². The number of hydrogen-bond acceptors (Lipinski definition) is 7. The number of ether oxygens (including phenoxy) is 1. The van der Waals surface area contributed by atoms with Crippen molar-refractivity contribution in [2.75, 3.05) is 17.9 Å². The van der Waals surface area contributed by atoms with Gasteiger partial charge in [-0.1, -0.05) is 45.0 Å². The molecule has 3 heterocycles. The number of hydrogen-bond donors (Lipinski definition) is 1. The number of sulfonamides is 1. The third-order valence-corrected chi connectivity index (χ3v) is 11.2. The SMILES string of the molecule is Cc1cccc(C)c1-c1cc2nc(n1)NS(=O)(=O)c1cccc(c1)C(=O)N([C@H]1C[C@@H](N3C[C@@H](C)CC3(C)C)C1)[C@H](CC(C)C)CO2. The maximum absolute atomic E-state index is 14.5. The molecule has 2 aliphatic heterocycles. The standard InChI is InChI=1S/C36H47N5O4S/c1-22(2)14-29-21-45-32-18-31(33-24(4)10-8-11-25(33)5)37-35(38-32)39-46(43,44)30-13-9-12-26(15-30)34(42)41(29)28-16-27(17-28)40-20-23(3)19-36(40,6)7/h8-13,15,18,22-23,27-29H,14,16-17,19-21H2,1-7H3,(H,37,38,39)/t23-,27-,28+,29+/m0/s1. The first-order valence-corrected chi connectivity index (χ1v) is 18.0. The molecule has 2 fully saturated rings. The van der Waals surface area contributed by atoms with Gasteiger partial charge in [-0.2, -0.15) is 4.98 Å². The average Bonchev–Trinajstić information content (AvgIpc) is 3.22. The fraction of sp³-hybridized carbons (Fsp3) is 0.528. The Labute approximate surface area is 273 Å². The highest BCUT2D eigenvalue weighted by Crippen LogP contribution is 2.42. The van der Waals surface area contributed by atoms with Gasteiger partial charge in [-0.05, 0) is 94.5 Å². The Kier molecular flexibility index (Phi) is 8.65. The molecule has 1 aliphatic carbocycles. The van der Waals surface area contributed by atoms with Gasteiger partial charge in [0, 0.05) is 41.4 Å². The molecule has 1 aromatic heterocycles. The van der Waals surface area contributed by atoms with Crippen LogP contribution < -0.4 is 9.46 Å². The van der Waals surface area contributed by atoms with Gasteiger partial charge >= 0.3 is 0 Å². The van der Waals surface area contributed by atoms with Gasteiger partial charge in [0.1, 0.15) is 6.61 Å². The molecule has 1 N–H and O–H groups in total. The van der Waals surface area contributed by atoms with E-state index in [1.807, 2.05) is 36.9 Å². The van der Waals surface area contributed by atoms with Gasteiger partial charge in [0.2, 0.25) is 11.8 Å². The second-order valence-corrected chi connectivity index (χ2v) is 16.4. The summed E-state index contributed by atoms with van der Waals surface area (Å²) in [4.78, 5) is 28.2. The molecular formula is C36H47N5O4S. The van der Waals surface area contributed by atoms with E-state index in [1.165, 1.54) is 18.6 Å². The first kappa shape index (κ1) is 32.4. The number of rotatable bonds is 5. The average molecular weight is 646 g/mol. The molecule has 4 bridgehead atoms. The molecule has 6 rings (SSSR count). The van der Waals surface area contributed by atoms with Gasteiger partial charge in [-0.15, -0.1) is 0 Å². The van der Waals surface area contributed by atoms with E-state index in [0.29, 0.717) is 29.1 Å². The van der Waals surface area contributed by atoms with E-state index in [1.54, 1.807) is 18.2 Å². The zero-order valence-corrected chi connectivity index (χ0v) is 28.9. The molecule has 0 radical (unpaired) electrons. The van der Waals surface area contributed by atoms with Crippen molar-refractivity contribution in [3.63, 3.8) is 0 Å². The Hall–Kier alpha value is -3.50. The molecule has 1 saturated heterocycles. The highest BCUT2D eigenvalue weighted by atomic mass is 32.2. The van der Waals surface area contributed by atoms with E-state index in [0.717, 1.165) is 42.5 Å². The lowest BCUT2D eigenvalue weighted by molar-refractivity contribution is -0.0187. The van der Waals surface area contributed by atoms with Crippen molar-refractivity contribution >= 4 is 21.9 Å². The maximum atomic E-state index is 14.5. The molecule has 246 valence electrons. The van der Waals surface area contributed by atoms with Crippen molar-refractivity contribution in [1.29, 1.82) is 0 Å². The van der Waals surface area contributed by atoms with E-state index in [9.17, 15) is 13.2 Å². The minimum Gasteiger partial charge on any atom is -0.475 e. The number of anilines is 1. The number of nitrogens with zero attached hydrogens (tertiary/aromatic N) is 4. The van der Waals surface area contributed by atoms with Gasteiger partial charge in [0.05, 0.1) is 16.6 Å². The monoisotopic (exact) mass is 645 g/mol. The van der Waals surface area contributed by atoms with Gasteiger partial charge in [-0.25, -0.2) is 18.1 Å². The van der Waals surface area contributed by atoms with Gasteiger partial charge < -0.3 is 9.64 Å². The predicted octanol–water partition coefficient (Wildman–Crippen LogP) is 6.46. The van der Waals surface area contributed by atoms with E-state index < -0.39 is 10.0 Å². The molecule has 9 nitrogen and oxygen atoms in total. The van der Waals surface area contributed by atoms with Crippen LogP contribution in [0.2, 0.25) is 0 Å². The molecule has 1 saturated carbocycles. The summed E-state index contributed by atoms with van der Waals surface area (Å²) in [5.74, 6) is 0.961. The third-order valence-electron chi connectivity index (χ3n) is 9.91. The highest BCUT2D eigenvalue weighted by Gasteiger charge is 2.48. The largest absolute Gasteiger partial charge is 0.475 e. The number of aromatic nitrogens is 2. The fourth-order valence-electron chi connectivity index (χ4n) is 7.93. The van der Waals surface area contributed by atoms with Crippen molar-refractivity contribution in [2.24, 2.45) is 11.8 Å². The van der Waals surface area contributed by atoms with Crippen LogP contribution >= 0.6 is 0 Å². The Morgan fingerprint density at radius 2 is 1.72 bits per heavy atom. The van der Waals surface area contributed by atoms with Gasteiger partial charge in [0.15, 0.2) is 0 Å². The van der Waals surface area contributed by atoms with Crippen molar-refractivity contribution in [3.8, 4) is 17.1 Å². The number of aryl methyl sites for hydroxylation is 2. The molecule has 1 amide bonds. The Morgan fingerprint density at radius 1 is 1.02 bits per heavy atom. The second-order valence-electron chi connectivity index (χ2n) is 14.7. The summed E-state index contributed by atoms with van der Waals surface area (Å²) in [5.41, 5.74) is 3.96. The maximum Gasteiger partial charge on any atom is 0.264 e. The van der Waals surface area contributed by atoms with Gasteiger partial charge in [0.25, 0.3) is 15.9 Å². The lowest BCUT2D eigenvalue weighted by atomic mass is 9.81. The minimum atomic E-state index is -4.11. The number of fused-ring (bicyclic) bond motifs is 4. The van der Waals surface area contributed by atoms with Gasteiger partial charge in [-0.3, -0.25) is 9.69 Å². The van der Waals surface area contributed by atoms with Crippen LogP contribution in [-0.2, 0) is 10.0 Å². The number of carbonyl (C=O) groups excluding carboxylic acids is 1. The summed E-state index contributed by atoms with van der Waals surface area (Å²) in [5, 5.41) is 0. The van der Waals surface area contributed by atoms with Crippen LogP contribution in [0, 0.1) is 25.7 Å². The van der Waals surface area contributed by atoms with Crippen molar-refractivity contribution in [2.45, 2.75) is 103 Å². The third kappa shape index (κ3) is 6.38. The summed E-state index contributed by atoms with van der Waals surface area (Å²) in [6, 6.07) is 14.2. The number of carbonyl (C=O) groups is 1. The normalized spacial score (nSPS) is 25.9. The first-order valence-electron chi connectivity index (χ1n) is 16.5. The molecular weight excluding hydrogens is 598 g/mol. The zero-order chi connectivity index (χ0) is 33.0. The summed E-state index contributed by atoms with van der Waals surface area (Å²) in [6.45, 7) is 16.6. The van der Waals surface area contributed by atoms with Crippen LogP contribution in [0.4, 0.5) is 5.95 Å². The molecule has 10 heteroatoms. The highest BCUT2D eigenvalue weighted by molar-refractivity contribution is 7.92. The van der Waals surface area contributed by atoms with E-state index in [2.05, 4.69) is 54.2 Å². The molecule has 46 heavy (non-hydrogen) atoms. The summed E-state index contributed by atoms with van der Waals surface area (Å²) in [6.07, 6.45) is 3.66. The molecule has 0 spiro atoms. The summed E-state index contributed by atoms with van der Waals surface area (Å²) in [7, 11) is -4.11.